The van der Waals surface area contributed by atoms with Gasteiger partial charge in [-0.1, -0.05) is 72.3 Å². The minimum atomic E-state index is -1.06. The molecule has 0 saturated heterocycles. The number of aliphatic carboxylic acids is 1. The maximum absolute atomic E-state index is 13.4. The van der Waals surface area contributed by atoms with Crippen LogP contribution in [0.5, 0.6) is 0 Å². The van der Waals surface area contributed by atoms with E-state index in [0.717, 1.165) is 27.8 Å². The summed E-state index contributed by atoms with van der Waals surface area (Å²) >= 11 is 6.08. The van der Waals surface area contributed by atoms with Gasteiger partial charge < -0.3 is 19.6 Å². The zero-order valence-corrected chi connectivity index (χ0v) is 24.5. The molecule has 1 aliphatic carbocycles. The van der Waals surface area contributed by atoms with E-state index in [1.165, 1.54) is 9.80 Å². The molecule has 216 valence electrons. The van der Waals surface area contributed by atoms with Crippen molar-refractivity contribution in [3.05, 3.63) is 94.5 Å². The number of carbonyl (C=O) groups excluding carboxylic acids is 2. The molecule has 2 amide bonds. The van der Waals surface area contributed by atoms with Gasteiger partial charge in [0.15, 0.2) is 0 Å². The number of ether oxygens (including phenoxy) is 1. The van der Waals surface area contributed by atoms with Crippen molar-refractivity contribution in [2.45, 2.75) is 30.8 Å². The second kappa shape index (κ2) is 13.2. The fourth-order valence-corrected chi connectivity index (χ4v) is 5.50. The standard InChI is InChI=1S/C32H36ClN3O5/c1-34(2)29(18-30(37)38)31(39)35(3)19-23(17-21-13-15-22(33)16-14-21)36(4)32(40)41-20-28-26-11-7-5-9-24(26)25-10-6-8-12-27(25)28/h5-16,23,28-29H,17-20H2,1-4H3,(H,37,38)/t23-,29-/m1/s1. The first-order valence-corrected chi connectivity index (χ1v) is 13.9. The van der Waals surface area contributed by atoms with Gasteiger partial charge in [0.1, 0.15) is 6.61 Å². The molecule has 0 saturated carbocycles. The number of rotatable bonds is 11. The first kappa shape index (κ1) is 30.1. The van der Waals surface area contributed by atoms with E-state index in [2.05, 4.69) is 24.3 Å². The van der Waals surface area contributed by atoms with Gasteiger partial charge in [0.25, 0.3) is 0 Å². The molecule has 8 nitrogen and oxygen atoms in total. The number of hydrogen-bond donors (Lipinski definition) is 1. The van der Waals surface area contributed by atoms with Crippen molar-refractivity contribution in [1.82, 2.24) is 14.7 Å². The van der Waals surface area contributed by atoms with Gasteiger partial charge in [-0.3, -0.25) is 14.5 Å². The Morgan fingerprint density at radius 2 is 1.44 bits per heavy atom. The maximum atomic E-state index is 13.4. The Kier molecular flexibility index (Phi) is 9.68. The molecule has 0 heterocycles. The molecular formula is C32H36ClN3O5. The third-order valence-electron chi connectivity index (χ3n) is 7.69. The minimum Gasteiger partial charge on any atom is -0.481 e. The summed E-state index contributed by atoms with van der Waals surface area (Å²) in [6, 6.07) is 22.4. The van der Waals surface area contributed by atoms with Crippen LogP contribution in [0.2, 0.25) is 5.02 Å². The van der Waals surface area contributed by atoms with Gasteiger partial charge in [-0.05, 0) is 60.5 Å². The summed E-state index contributed by atoms with van der Waals surface area (Å²) in [4.78, 5) is 42.7. The lowest BCUT2D eigenvalue weighted by atomic mass is 9.98. The lowest BCUT2D eigenvalue weighted by Gasteiger charge is -2.34. The monoisotopic (exact) mass is 577 g/mol. The molecule has 0 aliphatic heterocycles. The molecule has 0 radical (unpaired) electrons. The zero-order chi connectivity index (χ0) is 29.7. The molecule has 1 N–H and O–H groups in total. The normalized spacial score (nSPS) is 13.7. The molecule has 0 fully saturated rings. The van der Waals surface area contributed by atoms with Gasteiger partial charge >= 0.3 is 12.1 Å². The van der Waals surface area contributed by atoms with Gasteiger partial charge in [-0.25, -0.2) is 4.79 Å². The van der Waals surface area contributed by atoms with Crippen LogP contribution in [0, 0.1) is 0 Å². The van der Waals surface area contributed by atoms with Gasteiger partial charge in [-0.15, -0.1) is 0 Å². The van der Waals surface area contributed by atoms with E-state index in [4.69, 9.17) is 16.3 Å². The molecule has 2 atom stereocenters. The smallest absolute Gasteiger partial charge is 0.409 e. The van der Waals surface area contributed by atoms with E-state index < -0.39 is 24.1 Å². The van der Waals surface area contributed by atoms with E-state index in [1.807, 2.05) is 36.4 Å². The number of amides is 2. The van der Waals surface area contributed by atoms with Crippen LogP contribution in [0.1, 0.15) is 29.0 Å². The lowest BCUT2D eigenvalue weighted by Crippen LogP contribution is -2.51. The fraction of sp³-hybridized carbons (Fsp3) is 0.344. The fourth-order valence-electron chi connectivity index (χ4n) is 5.38. The lowest BCUT2D eigenvalue weighted by molar-refractivity contribution is -0.144. The van der Waals surface area contributed by atoms with Gasteiger partial charge in [-0.2, -0.15) is 0 Å². The largest absolute Gasteiger partial charge is 0.481 e. The van der Waals surface area contributed by atoms with Crippen LogP contribution >= 0.6 is 11.6 Å². The number of halogens is 1. The summed E-state index contributed by atoms with van der Waals surface area (Å²) < 4.78 is 5.90. The Balaban J connectivity index is 1.51. The molecule has 4 rings (SSSR count). The molecule has 0 unspecified atom stereocenters. The Bertz CT molecular complexity index is 1350. The van der Waals surface area contributed by atoms with Crippen molar-refractivity contribution in [1.29, 1.82) is 0 Å². The molecule has 1 aliphatic rings. The summed E-state index contributed by atoms with van der Waals surface area (Å²) in [5.41, 5.74) is 5.49. The van der Waals surface area contributed by atoms with Crippen LogP contribution in [-0.4, -0.2) is 91.2 Å². The maximum Gasteiger partial charge on any atom is 0.409 e. The van der Waals surface area contributed by atoms with E-state index in [9.17, 15) is 19.5 Å². The third kappa shape index (κ3) is 7.07. The number of fused-ring (bicyclic) bond motifs is 3. The second-order valence-electron chi connectivity index (χ2n) is 10.7. The molecular weight excluding hydrogens is 542 g/mol. The second-order valence-corrected chi connectivity index (χ2v) is 11.1. The quantitative estimate of drug-likeness (QED) is 0.345. The molecule has 0 spiro atoms. The molecule has 0 aromatic heterocycles. The predicted octanol–water partition coefficient (Wildman–Crippen LogP) is 5.00. The summed E-state index contributed by atoms with van der Waals surface area (Å²) in [7, 11) is 6.64. The van der Waals surface area contributed by atoms with Crippen molar-refractivity contribution in [2.24, 2.45) is 0 Å². The van der Waals surface area contributed by atoms with Crippen molar-refractivity contribution < 1.29 is 24.2 Å². The van der Waals surface area contributed by atoms with E-state index in [-0.39, 0.29) is 31.4 Å². The highest BCUT2D eigenvalue weighted by atomic mass is 35.5. The number of nitrogens with zero attached hydrogens (tertiary/aromatic N) is 3. The molecule has 0 bridgehead atoms. The summed E-state index contributed by atoms with van der Waals surface area (Å²) in [5, 5.41) is 9.92. The first-order chi connectivity index (χ1) is 19.6. The first-order valence-electron chi connectivity index (χ1n) is 13.5. The van der Waals surface area contributed by atoms with Crippen LogP contribution in [0.15, 0.2) is 72.8 Å². The van der Waals surface area contributed by atoms with Crippen LogP contribution in [0.3, 0.4) is 0 Å². The highest BCUT2D eigenvalue weighted by Gasteiger charge is 2.32. The summed E-state index contributed by atoms with van der Waals surface area (Å²) in [6.45, 7) is 0.368. The Labute approximate surface area is 246 Å². The number of hydrogen-bond acceptors (Lipinski definition) is 5. The van der Waals surface area contributed by atoms with E-state index >= 15 is 0 Å². The average Bonchev–Trinajstić information content (AvgIpc) is 3.28. The van der Waals surface area contributed by atoms with Crippen LogP contribution in [-0.2, 0) is 20.7 Å². The van der Waals surface area contributed by atoms with E-state index in [0.29, 0.717) is 11.4 Å². The zero-order valence-electron chi connectivity index (χ0n) is 23.8. The number of likely N-dealkylation sites (N-methyl/N-ethyl adjacent to an activating group) is 3. The van der Waals surface area contributed by atoms with Crippen molar-refractivity contribution in [3.8, 4) is 11.1 Å². The number of carboxylic acids is 1. The topological polar surface area (TPSA) is 90.4 Å². The minimum absolute atomic E-state index is 0.0735. The molecule has 41 heavy (non-hydrogen) atoms. The van der Waals surface area contributed by atoms with Gasteiger partial charge in [0.05, 0.1) is 18.5 Å². The molecule has 3 aromatic carbocycles. The summed E-state index contributed by atoms with van der Waals surface area (Å²) in [5.74, 6) is -1.46. The Morgan fingerprint density at radius 1 is 0.878 bits per heavy atom. The summed E-state index contributed by atoms with van der Waals surface area (Å²) in [6.07, 6.45) is -0.372. The third-order valence-corrected chi connectivity index (χ3v) is 7.95. The Morgan fingerprint density at radius 3 is 1.98 bits per heavy atom. The number of carboxylic acid groups (broad SMARTS) is 1. The predicted molar refractivity (Wildman–Crippen MR) is 159 cm³/mol. The van der Waals surface area contributed by atoms with Crippen LogP contribution < -0.4 is 0 Å². The van der Waals surface area contributed by atoms with Gasteiger partial charge in [0.2, 0.25) is 5.91 Å². The number of benzene rings is 3. The molecule has 9 heteroatoms. The average molecular weight is 578 g/mol. The highest BCUT2D eigenvalue weighted by molar-refractivity contribution is 6.30. The SMILES string of the molecule is CN(C[C@@H](Cc1ccc(Cl)cc1)N(C)C(=O)OCC1c2ccccc2-c2ccccc21)C(=O)[C@@H](CC(=O)O)N(C)C. The number of carbonyl (C=O) groups is 3. The van der Waals surface area contributed by atoms with Crippen molar-refractivity contribution in [2.75, 3.05) is 41.3 Å². The van der Waals surface area contributed by atoms with Crippen LogP contribution in [0.4, 0.5) is 4.79 Å². The van der Waals surface area contributed by atoms with Crippen molar-refractivity contribution in [3.63, 3.8) is 0 Å². The van der Waals surface area contributed by atoms with E-state index in [1.54, 1.807) is 45.2 Å². The highest BCUT2D eigenvalue weighted by Crippen LogP contribution is 2.44. The van der Waals surface area contributed by atoms with Gasteiger partial charge in [0, 0.05) is 31.6 Å². The van der Waals surface area contributed by atoms with Crippen molar-refractivity contribution >= 4 is 29.6 Å². The molecule has 3 aromatic rings. The Hall–Kier alpha value is -3.88. The van der Waals surface area contributed by atoms with Crippen LogP contribution in [0.25, 0.3) is 11.1 Å².